The average molecular weight is 254 g/mol. The van der Waals surface area contributed by atoms with E-state index >= 15 is 0 Å². The van der Waals surface area contributed by atoms with E-state index in [1.807, 2.05) is 0 Å². The van der Waals surface area contributed by atoms with Gasteiger partial charge >= 0.3 is 0 Å². The molecule has 0 aromatic heterocycles. The van der Waals surface area contributed by atoms with Crippen molar-refractivity contribution in [2.45, 2.75) is 32.5 Å². The summed E-state index contributed by atoms with van der Waals surface area (Å²) in [4.78, 5) is 0. The van der Waals surface area contributed by atoms with Crippen LogP contribution in [0.25, 0.3) is 0 Å². The molecule has 0 aliphatic rings. The minimum Gasteiger partial charge on any atom is -0.0652 e. The topological polar surface area (TPSA) is 0 Å². The first-order valence-corrected chi connectivity index (χ1v) is 9.96. The van der Waals surface area contributed by atoms with Gasteiger partial charge in [-0.3, -0.25) is 0 Å². The summed E-state index contributed by atoms with van der Waals surface area (Å²) in [5.41, 5.74) is 2.90. The van der Waals surface area contributed by atoms with Gasteiger partial charge in [-0.25, -0.2) is 0 Å². The minimum atomic E-state index is -1.36. The SMILES string of the molecule is CCc1ccc([Si](C)(C)Cc2ccccc2)cc1. The van der Waals surface area contributed by atoms with Crippen LogP contribution in [0.2, 0.25) is 13.1 Å². The van der Waals surface area contributed by atoms with Crippen LogP contribution in [-0.4, -0.2) is 8.07 Å². The molecule has 0 saturated heterocycles. The summed E-state index contributed by atoms with van der Waals surface area (Å²) in [6.45, 7) is 7.13. The molecule has 18 heavy (non-hydrogen) atoms. The molecule has 0 heterocycles. The van der Waals surface area contributed by atoms with Crippen LogP contribution < -0.4 is 5.19 Å². The lowest BCUT2D eigenvalue weighted by Crippen LogP contribution is -2.43. The Labute approximate surface area is 112 Å². The van der Waals surface area contributed by atoms with E-state index in [0.717, 1.165) is 6.42 Å². The summed E-state index contributed by atoms with van der Waals surface area (Å²) in [6, 6.07) is 21.3. The van der Waals surface area contributed by atoms with E-state index in [1.54, 1.807) is 5.19 Å². The second-order valence-electron chi connectivity index (χ2n) is 5.60. The fourth-order valence-corrected chi connectivity index (χ4v) is 4.93. The molecule has 94 valence electrons. The van der Waals surface area contributed by atoms with Gasteiger partial charge in [0.2, 0.25) is 0 Å². The zero-order valence-electron chi connectivity index (χ0n) is 11.6. The molecule has 0 spiro atoms. The molecule has 0 N–H and O–H groups in total. The predicted octanol–water partition coefficient (Wildman–Crippen LogP) is 3.95. The van der Waals surface area contributed by atoms with Crippen LogP contribution >= 0.6 is 0 Å². The molecule has 2 rings (SSSR count). The van der Waals surface area contributed by atoms with Crippen LogP contribution in [0, 0.1) is 0 Å². The Kier molecular flexibility index (Phi) is 4.03. The Hall–Kier alpha value is -1.34. The highest BCUT2D eigenvalue weighted by atomic mass is 28.3. The van der Waals surface area contributed by atoms with Gasteiger partial charge in [0, 0.05) is 0 Å². The van der Waals surface area contributed by atoms with Gasteiger partial charge in [0.15, 0.2) is 0 Å². The monoisotopic (exact) mass is 254 g/mol. The second-order valence-corrected chi connectivity index (χ2v) is 10.3. The second kappa shape index (κ2) is 5.53. The molecule has 1 heteroatoms. The lowest BCUT2D eigenvalue weighted by molar-refractivity contribution is 1.14. The molecule has 2 aromatic carbocycles. The van der Waals surface area contributed by atoms with Crippen molar-refractivity contribution in [2.75, 3.05) is 0 Å². The minimum absolute atomic E-state index is 1.13. The van der Waals surface area contributed by atoms with Crippen molar-refractivity contribution in [1.82, 2.24) is 0 Å². The summed E-state index contributed by atoms with van der Waals surface area (Å²) < 4.78 is 0. The maximum Gasteiger partial charge on any atom is 0.0849 e. The first-order valence-electron chi connectivity index (χ1n) is 6.75. The van der Waals surface area contributed by atoms with Gasteiger partial charge in [-0.05, 0) is 18.0 Å². The van der Waals surface area contributed by atoms with Crippen molar-refractivity contribution in [3.05, 3.63) is 65.7 Å². The molecular formula is C17H22Si. The van der Waals surface area contributed by atoms with E-state index in [-0.39, 0.29) is 0 Å². The number of hydrogen-bond donors (Lipinski definition) is 0. The zero-order valence-corrected chi connectivity index (χ0v) is 12.6. The smallest absolute Gasteiger partial charge is 0.0652 e. The molecule has 0 radical (unpaired) electrons. The highest BCUT2D eigenvalue weighted by molar-refractivity contribution is 6.89. The van der Waals surface area contributed by atoms with Crippen LogP contribution in [0.1, 0.15) is 18.1 Å². The number of rotatable bonds is 4. The molecule has 0 amide bonds. The Balaban J connectivity index is 2.19. The summed E-state index contributed by atoms with van der Waals surface area (Å²) in [5, 5.41) is 1.56. The Bertz CT molecular complexity index is 483. The van der Waals surface area contributed by atoms with Crippen LogP contribution in [0.4, 0.5) is 0 Å². The first-order chi connectivity index (χ1) is 8.62. The molecule has 0 nitrogen and oxygen atoms in total. The molecule has 2 aromatic rings. The number of benzene rings is 2. The quantitative estimate of drug-likeness (QED) is 0.725. The average Bonchev–Trinajstić information content (AvgIpc) is 2.39. The van der Waals surface area contributed by atoms with Crippen molar-refractivity contribution in [3.63, 3.8) is 0 Å². The standard InChI is InChI=1S/C17H22Si/c1-4-15-10-12-17(13-11-15)18(2,3)14-16-8-6-5-7-9-16/h5-13H,4,14H2,1-3H3. The summed E-state index contributed by atoms with van der Waals surface area (Å²) >= 11 is 0. The van der Waals surface area contributed by atoms with Crippen molar-refractivity contribution in [2.24, 2.45) is 0 Å². The molecule has 0 unspecified atom stereocenters. The van der Waals surface area contributed by atoms with Crippen LogP contribution in [0.5, 0.6) is 0 Å². The molecular weight excluding hydrogens is 232 g/mol. The van der Waals surface area contributed by atoms with Gasteiger partial charge in [0.1, 0.15) is 0 Å². The molecule has 0 bridgehead atoms. The number of aryl methyl sites for hydroxylation is 1. The Morgan fingerprint density at radius 3 is 1.94 bits per heavy atom. The van der Waals surface area contributed by atoms with E-state index in [1.165, 1.54) is 17.2 Å². The van der Waals surface area contributed by atoms with Crippen molar-refractivity contribution in [1.29, 1.82) is 0 Å². The lowest BCUT2D eigenvalue weighted by Gasteiger charge is -2.23. The van der Waals surface area contributed by atoms with E-state index in [0.29, 0.717) is 0 Å². The van der Waals surface area contributed by atoms with E-state index in [4.69, 9.17) is 0 Å². The summed E-state index contributed by atoms with van der Waals surface area (Å²) in [7, 11) is -1.36. The third-order valence-electron chi connectivity index (χ3n) is 3.63. The van der Waals surface area contributed by atoms with Gasteiger partial charge in [-0.1, -0.05) is 85.4 Å². The normalized spacial score (nSPS) is 11.5. The molecule has 0 aliphatic heterocycles. The van der Waals surface area contributed by atoms with E-state index < -0.39 is 8.07 Å². The first kappa shape index (κ1) is 13.1. The third kappa shape index (κ3) is 3.11. The van der Waals surface area contributed by atoms with E-state index in [9.17, 15) is 0 Å². The largest absolute Gasteiger partial charge is 0.0849 e. The van der Waals surface area contributed by atoms with Crippen LogP contribution in [0.15, 0.2) is 54.6 Å². The van der Waals surface area contributed by atoms with Crippen molar-refractivity contribution < 1.29 is 0 Å². The summed E-state index contributed by atoms with van der Waals surface area (Å²) in [6.07, 6.45) is 1.13. The predicted molar refractivity (Wildman–Crippen MR) is 83.1 cm³/mol. The summed E-state index contributed by atoms with van der Waals surface area (Å²) in [5.74, 6) is 0. The highest BCUT2D eigenvalue weighted by Crippen LogP contribution is 2.13. The lowest BCUT2D eigenvalue weighted by atomic mass is 10.2. The third-order valence-corrected chi connectivity index (χ3v) is 6.82. The maximum atomic E-state index is 2.46. The Morgan fingerprint density at radius 1 is 0.778 bits per heavy atom. The zero-order chi connectivity index (χ0) is 13.0. The van der Waals surface area contributed by atoms with Crippen molar-refractivity contribution >= 4 is 13.3 Å². The van der Waals surface area contributed by atoms with Gasteiger partial charge in [0.25, 0.3) is 0 Å². The van der Waals surface area contributed by atoms with Gasteiger partial charge in [-0.2, -0.15) is 0 Å². The maximum absolute atomic E-state index is 2.46. The van der Waals surface area contributed by atoms with Gasteiger partial charge in [0.05, 0.1) is 8.07 Å². The fraction of sp³-hybridized carbons (Fsp3) is 0.294. The number of hydrogen-bond acceptors (Lipinski definition) is 0. The molecule has 0 saturated carbocycles. The molecule has 0 aliphatic carbocycles. The van der Waals surface area contributed by atoms with Crippen molar-refractivity contribution in [3.8, 4) is 0 Å². The molecule has 0 atom stereocenters. The fourth-order valence-electron chi connectivity index (χ4n) is 2.40. The highest BCUT2D eigenvalue weighted by Gasteiger charge is 2.23. The van der Waals surface area contributed by atoms with Crippen LogP contribution in [-0.2, 0) is 12.5 Å². The molecule has 0 fully saturated rings. The van der Waals surface area contributed by atoms with E-state index in [2.05, 4.69) is 74.6 Å². The Morgan fingerprint density at radius 2 is 1.39 bits per heavy atom. The van der Waals surface area contributed by atoms with Gasteiger partial charge in [-0.15, -0.1) is 0 Å². The van der Waals surface area contributed by atoms with Gasteiger partial charge < -0.3 is 0 Å². The van der Waals surface area contributed by atoms with Crippen LogP contribution in [0.3, 0.4) is 0 Å².